The van der Waals surface area contributed by atoms with E-state index in [9.17, 15) is 4.79 Å². The van der Waals surface area contributed by atoms with E-state index in [1.54, 1.807) is 19.1 Å². The monoisotopic (exact) mass is 341 g/mol. The first kappa shape index (κ1) is 17.2. The number of hydrogen-bond acceptors (Lipinski definition) is 5. The standard InChI is InChI=1S/C19H23N3O3/c1-14(18(23)20-12-11-15-5-3-2-4-6-15)25-17-9-7-16(8-10-17)19-22-21-13-24-19/h5,7-10,13-14H,2-4,6,11-12H2,1H3,(H,20,23)/t14-/m1/s1. The molecule has 1 atom stereocenters. The number of rotatable bonds is 7. The van der Waals surface area contributed by atoms with Crippen molar-refractivity contribution < 1.29 is 13.9 Å². The van der Waals surface area contributed by atoms with E-state index in [2.05, 4.69) is 21.6 Å². The summed E-state index contributed by atoms with van der Waals surface area (Å²) in [5.74, 6) is 0.979. The van der Waals surface area contributed by atoms with Crippen molar-refractivity contribution in [1.82, 2.24) is 15.5 Å². The SMILES string of the molecule is C[C@@H](Oc1ccc(-c2nnco2)cc1)C(=O)NCCC1=CCCCC1. The van der Waals surface area contributed by atoms with E-state index in [-0.39, 0.29) is 5.91 Å². The Bertz CT molecular complexity index is 708. The molecule has 2 aromatic rings. The van der Waals surface area contributed by atoms with Gasteiger partial charge in [0.25, 0.3) is 5.91 Å². The molecule has 1 N–H and O–H groups in total. The molecule has 1 aromatic carbocycles. The minimum Gasteiger partial charge on any atom is -0.481 e. The fourth-order valence-electron chi connectivity index (χ4n) is 2.85. The van der Waals surface area contributed by atoms with Crippen molar-refractivity contribution in [2.45, 2.75) is 45.1 Å². The van der Waals surface area contributed by atoms with E-state index in [1.807, 2.05) is 12.1 Å². The lowest BCUT2D eigenvalue weighted by atomic mass is 9.97. The van der Waals surface area contributed by atoms with Crippen LogP contribution in [0, 0.1) is 0 Å². The molecular weight excluding hydrogens is 318 g/mol. The van der Waals surface area contributed by atoms with Gasteiger partial charge in [0, 0.05) is 12.1 Å². The molecule has 6 heteroatoms. The summed E-state index contributed by atoms with van der Waals surface area (Å²) in [6.45, 7) is 2.41. The van der Waals surface area contributed by atoms with Gasteiger partial charge in [-0.05, 0) is 63.3 Å². The van der Waals surface area contributed by atoms with Gasteiger partial charge in [0.1, 0.15) is 5.75 Å². The molecule has 1 heterocycles. The van der Waals surface area contributed by atoms with Gasteiger partial charge in [-0.1, -0.05) is 11.6 Å². The van der Waals surface area contributed by atoms with Crippen LogP contribution in [-0.4, -0.2) is 28.8 Å². The molecule has 25 heavy (non-hydrogen) atoms. The summed E-state index contributed by atoms with van der Waals surface area (Å²) in [6.07, 6.45) is 8.85. The number of ether oxygens (including phenoxy) is 1. The van der Waals surface area contributed by atoms with Gasteiger partial charge in [0.05, 0.1) is 0 Å². The number of carbonyl (C=O) groups is 1. The third-order valence-electron chi connectivity index (χ3n) is 4.27. The summed E-state index contributed by atoms with van der Waals surface area (Å²) in [7, 11) is 0. The number of amides is 1. The second-order valence-electron chi connectivity index (χ2n) is 6.18. The maximum atomic E-state index is 12.2. The highest BCUT2D eigenvalue weighted by molar-refractivity contribution is 5.80. The smallest absolute Gasteiger partial charge is 0.260 e. The number of hydrogen-bond donors (Lipinski definition) is 1. The molecule has 1 aromatic heterocycles. The number of nitrogens with one attached hydrogen (secondary N) is 1. The van der Waals surface area contributed by atoms with Crippen LogP contribution in [0.3, 0.4) is 0 Å². The molecule has 0 unspecified atom stereocenters. The third-order valence-corrected chi connectivity index (χ3v) is 4.27. The second-order valence-corrected chi connectivity index (χ2v) is 6.18. The van der Waals surface area contributed by atoms with Crippen molar-refractivity contribution >= 4 is 5.91 Å². The maximum absolute atomic E-state index is 12.2. The van der Waals surface area contributed by atoms with Crippen LogP contribution >= 0.6 is 0 Å². The van der Waals surface area contributed by atoms with E-state index in [1.165, 1.54) is 31.2 Å². The molecule has 6 nitrogen and oxygen atoms in total. The summed E-state index contributed by atoms with van der Waals surface area (Å²) in [5, 5.41) is 10.4. The Balaban J connectivity index is 1.45. The zero-order valence-electron chi connectivity index (χ0n) is 14.4. The molecule has 1 aliphatic rings. The lowest BCUT2D eigenvalue weighted by Crippen LogP contribution is -2.36. The minimum absolute atomic E-state index is 0.0996. The first-order valence-electron chi connectivity index (χ1n) is 8.71. The fourth-order valence-corrected chi connectivity index (χ4v) is 2.85. The Labute approximate surface area is 147 Å². The van der Waals surface area contributed by atoms with Gasteiger partial charge in [0.2, 0.25) is 12.3 Å². The predicted molar refractivity (Wildman–Crippen MR) is 94.0 cm³/mol. The molecule has 132 valence electrons. The topological polar surface area (TPSA) is 77.2 Å². The van der Waals surface area contributed by atoms with Crippen LogP contribution in [0.2, 0.25) is 0 Å². The van der Waals surface area contributed by atoms with Gasteiger partial charge in [-0.25, -0.2) is 0 Å². The van der Waals surface area contributed by atoms with Gasteiger partial charge in [0.15, 0.2) is 6.10 Å². The van der Waals surface area contributed by atoms with E-state index in [0.717, 1.165) is 18.4 Å². The molecule has 0 spiro atoms. The molecule has 0 saturated carbocycles. The van der Waals surface area contributed by atoms with Gasteiger partial charge in [-0.3, -0.25) is 4.79 Å². The molecule has 0 saturated heterocycles. The van der Waals surface area contributed by atoms with E-state index >= 15 is 0 Å². The number of allylic oxidation sites excluding steroid dienone is 1. The summed E-state index contributed by atoms with van der Waals surface area (Å²) in [4.78, 5) is 12.2. The van der Waals surface area contributed by atoms with Crippen LogP contribution in [0.25, 0.3) is 11.5 Å². The van der Waals surface area contributed by atoms with Crippen molar-refractivity contribution in [3.05, 3.63) is 42.3 Å². The molecule has 0 bridgehead atoms. The van der Waals surface area contributed by atoms with Crippen LogP contribution in [0.4, 0.5) is 0 Å². The fraction of sp³-hybridized carbons (Fsp3) is 0.421. The predicted octanol–water partition coefficient (Wildman–Crippen LogP) is 3.51. The van der Waals surface area contributed by atoms with Crippen LogP contribution in [0.1, 0.15) is 39.0 Å². The van der Waals surface area contributed by atoms with Gasteiger partial charge in [-0.2, -0.15) is 0 Å². The van der Waals surface area contributed by atoms with Crippen LogP contribution < -0.4 is 10.1 Å². The molecular formula is C19H23N3O3. The number of aromatic nitrogens is 2. The van der Waals surface area contributed by atoms with E-state index in [0.29, 0.717) is 18.2 Å². The number of carbonyl (C=O) groups excluding carboxylic acids is 1. The molecule has 3 rings (SSSR count). The Kier molecular flexibility index (Phi) is 5.82. The average Bonchev–Trinajstić information content (AvgIpc) is 3.18. The molecule has 1 aliphatic carbocycles. The van der Waals surface area contributed by atoms with Crippen LogP contribution in [0.15, 0.2) is 46.7 Å². The quantitative estimate of drug-likeness (QED) is 0.780. The first-order chi connectivity index (χ1) is 12.2. The lowest BCUT2D eigenvalue weighted by Gasteiger charge is -2.16. The van der Waals surface area contributed by atoms with Crippen molar-refractivity contribution in [2.24, 2.45) is 0 Å². The zero-order chi connectivity index (χ0) is 17.5. The van der Waals surface area contributed by atoms with Crippen molar-refractivity contribution in [2.75, 3.05) is 6.54 Å². The van der Waals surface area contributed by atoms with Crippen molar-refractivity contribution in [1.29, 1.82) is 0 Å². The van der Waals surface area contributed by atoms with Crippen LogP contribution in [0.5, 0.6) is 5.75 Å². The van der Waals surface area contributed by atoms with Gasteiger partial charge >= 0.3 is 0 Å². The normalized spacial score (nSPS) is 15.3. The summed E-state index contributed by atoms with van der Waals surface area (Å²) in [6, 6.07) is 7.22. The molecule has 0 aliphatic heterocycles. The number of nitrogens with zero attached hydrogens (tertiary/aromatic N) is 2. The lowest BCUT2D eigenvalue weighted by molar-refractivity contribution is -0.127. The average molecular weight is 341 g/mol. The second kappa shape index (κ2) is 8.46. The number of benzene rings is 1. The van der Waals surface area contributed by atoms with Gasteiger partial charge < -0.3 is 14.5 Å². The summed E-state index contributed by atoms with van der Waals surface area (Å²) < 4.78 is 10.8. The first-order valence-corrected chi connectivity index (χ1v) is 8.71. The summed E-state index contributed by atoms with van der Waals surface area (Å²) >= 11 is 0. The highest BCUT2D eigenvalue weighted by Gasteiger charge is 2.15. The Morgan fingerprint density at radius 3 is 2.84 bits per heavy atom. The van der Waals surface area contributed by atoms with E-state index < -0.39 is 6.10 Å². The highest BCUT2D eigenvalue weighted by Crippen LogP contribution is 2.21. The van der Waals surface area contributed by atoms with Crippen molar-refractivity contribution in [3.8, 4) is 17.2 Å². The summed E-state index contributed by atoms with van der Waals surface area (Å²) in [5.41, 5.74) is 2.26. The van der Waals surface area contributed by atoms with Gasteiger partial charge in [-0.15, -0.1) is 10.2 Å². The third kappa shape index (κ3) is 4.92. The Hall–Kier alpha value is -2.63. The minimum atomic E-state index is -0.547. The molecule has 0 fully saturated rings. The van der Waals surface area contributed by atoms with E-state index in [4.69, 9.17) is 9.15 Å². The largest absolute Gasteiger partial charge is 0.481 e. The zero-order valence-corrected chi connectivity index (χ0v) is 14.4. The Morgan fingerprint density at radius 2 is 2.16 bits per heavy atom. The van der Waals surface area contributed by atoms with Crippen molar-refractivity contribution in [3.63, 3.8) is 0 Å². The highest BCUT2D eigenvalue weighted by atomic mass is 16.5. The van der Waals surface area contributed by atoms with Crippen LogP contribution in [-0.2, 0) is 4.79 Å². The Morgan fingerprint density at radius 1 is 1.32 bits per heavy atom. The maximum Gasteiger partial charge on any atom is 0.260 e. The molecule has 0 radical (unpaired) electrons. The molecule has 1 amide bonds.